The molecular weight excluding hydrogens is 286 g/mol. The fourth-order valence-corrected chi connectivity index (χ4v) is 2.06. The summed E-state index contributed by atoms with van der Waals surface area (Å²) in [6.07, 6.45) is 0. The Kier molecular flexibility index (Phi) is 4.34. The molecule has 6 heteroatoms. The standard InChI is InChI=1S/C15H20ClN5/c1-9-5-6-11(10(16)7-9)18-12-8-13(21-17)20-14(19-12)15(2,3)4/h5-8H,17H2,1-4H3,(H2,18,19,20,21). The number of rotatable bonds is 3. The molecule has 0 fully saturated rings. The van der Waals surface area contributed by atoms with Crippen LogP contribution >= 0.6 is 11.6 Å². The summed E-state index contributed by atoms with van der Waals surface area (Å²) in [5, 5.41) is 3.85. The largest absolute Gasteiger partial charge is 0.339 e. The van der Waals surface area contributed by atoms with Crippen LogP contribution in [0.1, 0.15) is 32.2 Å². The van der Waals surface area contributed by atoms with Crippen LogP contribution in [0.2, 0.25) is 5.02 Å². The summed E-state index contributed by atoms with van der Waals surface area (Å²) in [7, 11) is 0. The van der Waals surface area contributed by atoms with E-state index in [0.29, 0.717) is 22.5 Å². The lowest BCUT2D eigenvalue weighted by Gasteiger charge is -2.19. The molecule has 112 valence electrons. The second kappa shape index (κ2) is 5.87. The third-order valence-electron chi connectivity index (χ3n) is 2.93. The molecule has 2 aromatic rings. The van der Waals surface area contributed by atoms with Gasteiger partial charge in [0.1, 0.15) is 17.5 Å². The summed E-state index contributed by atoms with van der Waals surface area (Å²) >= 11 is 6.24. The van der Waals surface area contributed by atoms with Gasteiger partial charge in [0.25, 0.3) is 0 Å². The molecule has 0 atom stereocenters. The molecule has 0 unspecified atom stereocenters. The zero-order chi connectivity index (χ0) is 15.6. The molecule has 5 nitrogen and oxygen atoms in total. The number of nitrogens with zero attached hydrogens (tertiary/aromatic N) is 2. The summed E-state index contributed by atoms with van der Waals surface area (Å²) in [6, 6.07) is 7.55. The van der Waals surface area contributed by atoms with Crippen molar-refractivity contribution in [3.05, 3.63) is 40.7 Å². The first-order valence-electron chi connectivity index (χ1n) is 6.69. The summed E-state index contributed by atoms with van der Waals surface area (Å²) in [4.78, 5) is 8.92. The third kappa shape index (κ3) is 3.83. The van der Waals surface area contributed by atoms with E-state index >= 15 is 0 Å². The molecule has 0 saturated carbocycles. The van der Waals surface area contributed by atoms with Crippen LogP contribution in [0.3, 0.4) is 0 Å². The average molecular weight is 306 g/mol. The van der Waals surface area contributed by atoms with Crippen LogP contribution in [0.25, 0.3) is 0 Å². The highest BCUT2D eigenvalue weighted by Gasteiger charge is 2.19. The highest BCUT2D eigenvalue weighted by Crippen LogP contribution is 2.28. The van der Waals surface area contributed by atoms with Gasteiger partial charge in [0.2, 0.25) is 0 Å². The van der Waals surface area contributed by atoms with Crippen LogP contribution in [0.15, 0.2) is 24.3 Å². The van der Waals surface area contributed by atoms with Crippen molar-refractivity contribution in [1.82, 2.24) is 9.97 Å². The second-order valence-corrected chi connectivity index (χ2v) is 6.37. The Morgan fingerprint density at radius 2 is 1.76 bits per heavy atom. The third-order valence-corrected chi connectivity index (χ3v) is 3.24. The van der Waals surface area contributed by atoms with Gasteiger partial charge in [0, 0.05) is 11.5 Å². The van der Waals surface area contributed by atoms with Crippen molar-refractivity contribution in [2.45, 2.75) is 33.1 Å². The van der Waals surface area contributed by atoms with E-state index in [2.05, 4.69) is 20.7 Å². The van der Waals surface area contributed by atoms with E-state index < -0.39 is 0 Å². The lowest BCUT2D eigenvalue weighted by molar-refractivity contribution is 0.547. The number of nitrogens with two attached hydrogens (primary N) is 1. The molecule has 21 heavy (non-hydrogen) atoms. The van der Waals surface area contributed by atoms with Crippen molar-refractivity contribution in [3.63, 3.8) is 0 Å². The summed E-state index contributed by atoms with van der Waals surface area (Å²) < 4.78 is 0. The van der Waals surface area contributed by atoms with Gasteiger partial charge in [-0.15, -0.1) is 0 Å². The second-order valence-electron chi connectivity index (χ2n) is 5.96. The van der Waals surface area contributed by atoms with E-state index in [0.717, 1.165) is 11.3 Å². The number of benzene rings is 1. The van der Waals surface area contributed by atoms with Gasteiger partial charge < -0.3 is 10.7 Å². The minimum absolute atomic E-state index is 0.180. The van der Waals surface area contributed by atoms with Crippen LogP contribution < -0.4 is 16.6 Å². The maximum absolute atomic E-state index is 6.24. The molecule has 1 aromatic carbocycles. The fourth-order valence-electron chi connectivity index (χ4n) is 1.78. The predicted octanol–water partition coefficient (Wildman–Crippen LogP) is 3.77. The van der Waals surface area contributed by atoms with E-state index in [-0.39, 0.29) is 5.41 Å². The minimum Gasteiger partial charge on any atom is -0.339 e. The van der Waals surface area contributed by atoms with Gasteiger partial charge in [-0.3, -0.25) is 0 Å². The molecule has 0 aliphatic rings. The van der Waals surface area contributed by atoms with Crippen molar-refractivity contribution in [2.24, 2.45) is 5.84 Å². The lowest BCUT2D eigenvalue weighted by Crippen LogP contribution is -2.19. The number of hydrogen-bond donors (Lipinski definition) is 3. The maximum atomic E-state index is 6.24. The van der Waals surface area contributed by atoms with E-state index in [9.17, 15) is 0 Å². The molecule has 0 aliphatic carbocycles. The summed E-state index contributed by atoms with van der Waals surface area (Å²) in [5.41, 5.74) is 4.28. The normalized spacial score (nSPS) is 11.3. The number of nitrogen functional groups attached to an aromatic ring is 1. The zero-order valence-electron chi connectivity index (χ0n) is 12.7. The molecular formula is C15H20ClN5. The average Bonchev–Trinajstić information content (AvgIpc) is 2.40. The van der Waals surface area contributed by atoms with Crippen molar-refractivity contribution in [1.29, 1.82) is 0 Å². The van der Waals surface area contributed by atoms with Crippen LogP contribution in [0.5, 0.6) is 0 Å². The van der Waals surface area contributed by atoms with E-state index in [1.165, 1.54) is 0 Å². The highest BCUT2D eigenvalue weighted by molar-refractivity contribution is 6.33. The minimum atomic E-state index is -0.180. The van der Waals surface area contributed by atoms with Gasteiger partial charge in [0.15, 0.2) is 0 Å². The Morgan fingerprint density at radius 1 is 1.10 bits per heavy atom. The molecule has 1 heterocycles. The van der Waals surface area contributed by atoms with Crippen molar-refractivity contribution >= 4 is 28.9 Å². The van der Waals surface area contributed by atoms with Gasteiger partial charge >= 0.3 is 0 Å². The van der Waals surface area contributed by atoms with Gasteiger partial charge in [-0.05, 0) is 24.6 Å². The number of aryl methyl sites for hydroxylation is 1. The summed E-state index contributed by atoms with van der Waals surface area (Å²) in [6.45, 7) is 8.14. The van der Waals surface area contributed by atoms with Crippen molar-refractivity contribution < 1.29 is 0 Å². The number of aromatic nitrogens is 2. The topological polar surface area (TPSA) is 75.9 Å². The Labute approximate surface area is 129 Å². The zero-order valence-corrected chi connectivity index (χ0v) is 13.4. The fraction of sp³-hybridized carbons (Fsp3) is 0.333. The number of anilines is 3. The Morgan fingerprint density at radius 3 is 2.33 bits per heavy atom. The molecule has 1 aromatic heterocycles. The van der Waals surface area contributed by atoms with Crippen LogP contribution in [-0.4, -0.2) is 9.97 Å². The Balaban J connectivity index is 2.39. The first-order chi connectivity index (χ1) is 9.79. The molecule has 4 N–H and O–H groups in total. The van der Waals surface area contributed by atoms with E-state index in [1.807, 2.05) is 45.9 Å². The Bertz CT molecular complexity index is 649. The first-order valence-corrected chi connectivity index (χ1v) is 7.07. The molecule has 0 aliphatic heterocycles. The molecule has 0 bridgehead atoms. The number of nitrogens with one attached hydrogen (secondary N) is 2. The number of halogens is 1. The van der Waals surface area contributed by atoms with E-state index in [1.54, 1.807) is 6.07 Å². The van der Waals surface area contributed by atoms with Gasteiger partial charge in [0.05, 0.1) is 10.7 Å². The summed E-state index contributed by atoms with van der Waals surface area (Å²) in [5.74, 6) is 7.38. The predicted molar refractivity (Wildman–Crippen MR) is 88.0 cm³/mol. The van der Waals surface area contributed by atoms with Crippen LogP contribution in [0, 0.1) is 6.92 Å². The van der Waals surface area contributed by atoms with Gasteiger partial charge in [-0.2, -0.15) is 0 Å². The van der Waals surface area contributed by atoms with Gasteiger partial charge in [-0.1, -0.05) is 38.4 Å². The van der Waals surface area contributed by atoms with E-state index in [4.69, 9.17) is 17.4 Å². The maximum Gasteiger partial charge on any atom is 0.145 e. The molecule has 0 radical (unpaired) electrons. The highest BCUT2D eigenvalue weighted by atomic mass is 35.5. The quantitative estimate of drug-likeness (QED) is 0.594. The van der Waals surface area contributed by atoms with Crippen LogP contribution in [0.4, 0.5) is 17.3 Å². The van der Waals surface area contributed by atoms with Crippen molar-refractivity contribution in [2.75, 3.05) is 10.7 Å². The SMILES string of the molecule is Cc1ccc(Nc2cc(NN)nc(C(C)(C)C)n2)c(Cl)c1. The lowest BCUT2D eigenvalue weighted by atomic mass is 9.96. The Hall–Kier alpha value is -1.85. The number of hydrazine groups is 1. The van der Waals surface area contributed by atoms with Crippen molar-refractivity contribution in [3.8, 4) is 0 Å². The van der Waals surface area contributed by atoms with Gasteiger partial charge in [-0.25, -0.2) is 15.8 Å². The smallest absolute Gasteiger partial charge is 0.145 e. The first kappa shape index (κ1) is 15.5. The number of hydrogen-bond acceptors (Lipinski definition) is 5. The molecule has 2 rings (SSSR count). The molecule has 0 saturated heterocycles. The monoisotopic (exact) mass is 305 g/mol. The molecule has 0 spiro atoms. The van der Waals surface area contributed by atoms with Crippen LogP contribution in [-0.2, 0) is 5.41 Å². The molecule has 0 amide bonds.